The molecule has 2 nitrogen and oxygen atoms in total. The van der Waals surface area contributed by atoms with Crippen LogP contribution in [0.25, 0.3) is 10.8 Å². The predicted octanol–water partition coefficient (Wildman–Crippen LogP) is 3.48. The fraction of sp³-hybridized carbons (Fsp3) is 0.333. The van der Waals surface area contributed by atoms with Gasteiger partial charge in [0.05, 0.1) is 12.7 Å². The third-order valence-electron chi connectivity index (χ3n) is 3.69. The number of hydrogen-bond acceptors (Lipinski definition) is 2. The van der Waals surface area contributed by atoms with Crippen LogP contribution in [-0.4, -0.2) is 14.2 Å². The van der Waals surface area contributed by atoms with E-state index in [1.165, 1.54) is 10.9 Å². The van der Waals surface area contributed by atoms with Gasteiger partial charge in [0.2, 0.25) is 0 Å². The Hall–Kier alpha value is -1.54. The minimum atomic E-state index is -0.0497. The van der Waals surface area contributed by atoms with Crippen LogP contribution >= 0.6 is 0 Å². The first-order chi connectivity index (χ1) is 8.30. The molecule has 88 valence electrons. The predicted molar refractivity (Wildman–Crippen MR) is 68.4 cm³/mol. The van der Waals surface area contributed by atoms with Crippen LogP contribution in [-0.2, 0) is 10.3 Å². The quantitative estimate of drug-likeness (QED) is 0.800. The van der Waals surface area contributed by atoms with Gasteiger partial charge < -0.3 is 9.47 Å². The highest BCUT2D eigenvalue weighted by Gasteiger charge is 2.45. The van der Waals surface area contributed by atoms with Crippen molar-refractivity contribution < 1.29 is 9.47 Å². The van der Waals surface area contributed by atoms with Gasteiger partial charge in [-0.1, -0.05) is 30.3 Å². The van der Waals surface area contributed by atoms with Gasteiger partial charge in [0.1, 0.15) is 5.75 Å². The number of fused-ring (bicyclic) bond motifs is 1. The first kappa shape index (κ1) is 10.6. The van der Waals surface area contributed by atoms with E-state index < -0.39 is 0 Å². The van der Waals surface area contributed by atoms with Gasteiger partial charge in [0, 0.05) is 12.5 Å². The molecule has 3 rings (SSSR count). The summed E-state index contributed by atoms with van der Waals surface area (Å²) in [6.45, 7) is 0. The maximum absolute atomic E-state index is 5.68. The van der Waals surface area contributed by atoms with Crippen molar-refractivity contribution in [2.45, 2.75) is 18.4 Å². The van der Waals surface area contributed by atoms with E-state index in [4.69, 9.17) is 9.47 Å². The number of rotatable bonds is 3. The molecule has 0 aliphatic heterocycles. The van der Waals surface area contributed by atoms with E-state index in [0.717, 1.165) is 24.0 Å². The van der Waals surface area contributed by atoms with Crippen LogP contribution in [0.5, 0.6) is 5.75 Å². The molecule has 0 aromatic heterocycles. The summed E-state index contributed by atoms with van der Waals surface area (Å²) in [6.07, 6.45) is 2.22. The van der Waals surface area contributed by atoms with Crippen LogP contribution in [0.1, 0.15) is 18.4 Å². The average molecular weight is 228 g/mol. The number of ether oxygens (including phenoxy) is 2. The van der Waals surface area contributed by atoms with E-state index in [-0.39, 0.29) is 5.60 Å². The first-order valence-corrected chi connectivity index (χ1v) is 5.92. The summed E-state index contributed by atoms with van der Waals surface area (Å²) < 4.78 is 11.1. The van der Waals surface area contributed by atoms with Crippen molar-refractivity contribution in [1.29, 1.82) is 0 Å². The molecule has 2 aromatic carbocycles. The average Bonchev–Trinajstić information content (AvgIpc) is 3.18. The second kappa shape index (κ2) is 3.74. The molecule has 0 bridgehead atoms. The highest BCUT2D eigenvalue weighted by atomic mass is 16.5. The fourth-order valence-corrected chi connectivity index (χ4v) is 2.54. The van der Waals surface area contributed by atoms with Crippen LogP contribution in [0, 0.1) is 0 Å². The zero-order valence-electron chi connectivity index (χ0n) is 10.2. The lowest BCUT2D eigenvalue weighted by atomic mass is 9.98. The Morgan fingerprint density at radius 3 is 2.24 bits per heavy atom. The second-order valence-corrected chi connectivity index (χ2v) is 4.56. The van der Waals surface area contributed by atoms with Crippen LogP contribution in [0.15, 0.2) is 36.4 Å². The molecule has 0 radical (unpaired) electrons. The number of methoxy groups -OCH3 is 2. The van der Waals surface area contributed by atoms with Crippen molar-refractivity contribution in [2.24, 2.45) is 0 Å². The van der Waals surface area contributed by atoms with Crippen molar-refractivity contribution in [3.05, 3.63) is 42.0 Å². The summed E-state index contributed by atoms with van der Waals surface area (Å²) in [5, 5.41) is 2.40. The van der Waals surface area contributed by atoms with Gasteiger partial charge in [0.25, 0.3) is 0 Å². The zero-order valence-corrected chi connectivity index (χ0v) is 10.2. The van der Waals surface area contributed by atoms with Gasteiger partial charge in [-0.2, -0.15) is 0 Å². The lowest BCUT2D eigenvalue weighted by Gasteiger charge is -2.17. The molecule has 1 aliphatic rings. The molecule has 1 saturated carbocycles. The molecule has 2 heteroatoms. The Bertz CT molecular complexity index is 556. The molecular formula is C15H16O2. The minimum Gasteiger partial charge on any atom is -0.496 e. The smallest absolute Gasteiger partial charge is 0.126 e. The van der Waals surface area contributed by atoms with Gasteiger partial charge in [-0.3, -0.25) is 0 Å². The molecular weight excluding hydrogens is 212 g/mol. The van der Waals surface area contributed by atoms with Crippen LogP contribution in [0.3, 0.4) is 0 Å². The summed E-state index contributed by atoms with van der Waals surface area (Å²) >= 11 is 0. The lowest BCUT2D eigenvalue weighted by molar-refractivity contribution is 0.0801. The monoisotopic (exact) mass is 228 g/mol. The van der Waals surface area contributed by atoms with E-state index in [1.54, 1.807) is 14.2 Å². The van der Waals surface area contributed by atoms with Crippen molar-refractivity contribution in [2.75, 3.05) is 14.2 Å². The molecule has 1 aliphatic carbocycles. The van der Waals surface area contributed by atoms with Crippen molar-refractivity contribution in [3.63, 3.8) is 0 Å². The van der Waals surface area contributed by atoms with Crippen LogP contribution in [0.4, 0.5) is 0 Å². The topological polar surface area (TPSA) is 18.5 Å². The van der Waals surface area contributed by atoms with Crippen molar-refractivity contribution in [1.82, 2.24) is 0 Å². The van der Waals surface area contributed by atoms with Crippen molar-refractivity contribution in [3.8, 4) is 5.75 Å². The first-order valence-electron chi connectivity index (χ1n) is 5.92. The summed E-state index contributed by atoms with van der Waals surface area (Å²) in [5.74, 6) is 0.927. The van der Waals surface area contributed by atoms with Gasteiger partial charge in [0.15, 0.2) is 0 Å². The minimum absolute atomic E-state index is 0.0497. The highest BCUT2D eigenvalue weighted by molar-refractivity contribution is 5.92. The van der Waals surface area contributed by atoms with Crippen molar-refractivity contribution >= 4 is 10.8 Å². The van der Waals surface area contributed by atoms with E-state index in [2.05, 4.69) is 24.3 Å². The van der Waals surface area contributed by atoms with E-state index >= 15 is 0 Å². The second-order valence-electron chi connectivity index (χ2n) is 4.56. The zero-order chi connectivity index (χ0) is 11.9. The Labute approximate surface area is 101 Å². The number of hydrogen-bond donors (Lipinski definition) is 0. The Morgan fingerprint density at radius 2 is 1.65 bits per heavy atom. The van der Waals surface area contributed by atoms with Gasteiger partial charge in [-0.05, 0) is 29.9 Å². The third kappa shape index (κ3) is 1.52. The molecule has 0 N–H and O–H groups in total. The summed E-state index contributed by atoms with van der Waals surface area (Å²) in [4.78, 5) is 0. The lowest BCUT2D eigenvalue weighted by Crippen LogP contribution is -2.09. The Kier molecular flexibility index (Phi) is 2.33. The fourth-order valence-electron chi connectivity index (χ4n) is 2.54. The van der Waals surface area contributed by atoms with Crippen LogP contribution < -0.4 is 4.74 Å². The van der Waals surface area contributed by atoms with E-state index in [9.17, 15) is 0 Å². The van der Waals surface area contributed by atoms with E-state index in [1.807, 2.05) is 12.1 Å². The molecule has 17 heavy (non-hydrogen) atoms. The molecule has 1 fully saturated rings. The maximum atomic E-state index is 5.68. The standard InChI is InChI=1S/C15H16O2/c1-16-14-8-7-13(15(17-2)9-10-15)11-5-3-4-6-12(11)14/h3-8H,9-10H2,1-2H3. The van der Waals surface area contributed by atoms with Gasteiger partial charge >= 0.3 is 0 Å². The molecule has 0 amide bonds. The summed E-state index contributed by atoms with van der Waals surface area (Å²) in [5.41, 5.74) is 1.24. The molecule has 0 heterocycles. The molecule has 0 saturated heterocycles. The molecule has 0 unspecified atom stereocenters. The molecule has 0 spiro atoms. The SMILES string of the molecule is COc1ccc(C2(OC)CC2)c2ccccc12. The Morgan fingerprint density at radius 1 is 0.941 bits per heavy atom. The van der Waals surface area contributed by atoms with Gasteiger partial charge in [-0.25, -0.2) is 0 Å². The molecule has 0 atom stereocenters. The Balaban J connectivity index is 2.27. The molecule has 2 aromatic rings. The summed E-state index contributed by atoms with van der Waals surface area (Å²) in [6, 6.07) is 12.5. The number of benzene rings is 2. The highest BCUT2D eigenvalue weighted by Crippen LogP contribution is 2.51. The third-order valence-corrected chi connectivity index (χ3v) is 3.69. The van der Waals surface area contributed by atoms with Crippen LogP contribution in [0.2, 0.25) is 0 Å². The maximum Gasteiger partial charge on any atom is 0.126 e. The van der Waals surface area contributed by atoms with E-state index in [0.29, 0.717) is 0 Å². The summed E-state index contributed by atoms with van der Waals surface area (Å²) in [7, 11) is 3.51. The largest absolute Gasteiger partial charge is 0.496 e. The normalized spacial score (nSPS) is 17.1. The van der Waals surface area contributed by atoms with Gasteiger partial charge in [-0.15, -0.1) is 0 Å².